The quantitative estimate of drug-likeness (QED) is 0.194. The number of rotatable bonds is 9. The number of carboxylic acids is 1. The molecule has 1 N–H and O–H groups in total. The molecule has 1 unspecified atom stereocenters. The predicted molar refractivity (Wildman–Crippen MR) is 149 cm³/mol. The highest BCUT2D eigenvalue weighted by atomic mass is 19.1. The minimum absolute atomic E-state index is 0.0338. The molecule has 1 saturated heterocycles. The Morgan fingerprint density at radius 1 is 0.953 bits per heavy atom. The number of imidazole rings is 1. The summed E-state index contributed by atoms with van der Waals surface area (Å²) < 4.78 is 72.6. The minimum Gasteiger partial charge on any atom is -0.478 e. The fraction of sp³-hybridized carbons (Fsp3) is 0.219. The second-order valence-electron chi connectivity index (χ2n) is 10.4. The van der Waals surface area contributed by atoms with E-state index in [4.69, 9.17) is 9.47 Å². The number of aromatic nitrogens is 3. The molecule has 43 heavy (non-hydrogen) atoms. The zero-order valence-corrected chi connectivity index (χ0v) is 22.9. The molecule has 0 aliphatic carbocycles. The smallest absolute Gasteiger partial charge is 0.335 e. The molecule has 0 saturated carbocycles. The fourth-order valence-corrected chi connectivity index (χ4v) is 4.97. The number of aromatic carboxylic acids is 1. The first kappa shape index (κ1) is 28.4. The molecule has 0 bridgehead atoms. The van der Waals surface area contributed by atoms with Crippen molar-refractivity contribution in [1.29, 1.82) is 0 Å². The van der Waals surface area contributed by atoms with Crippen LogP contribution in [0.5, 0.6) is 5.88 Å². The Morgan fingerprint density at radius 2 is 1.74 bits per heavy atom. The molecule has 5 aromatic rings. The molecular weight excluding hydrogens is 566 g/mol. The summed E-state index contributed by atoms with van der Waals surface area (Å²) >= 11 is 0. The minimum atomic E-state index is -1.10. The van der Waals surface area contributed by atoms with Gasteiger partial charge in [-0.2, -0.15) is 0 Å². The summed E-state index contributed by atoms with van der Waals surface area (Å²) in [4.78, 5) is 20.1. The Hall–Kier alpha value is -4.77. The summed E-state index contributed by atoms with van der Waals surface area (Å²) in [6.45, 7) is 2.53. The van der Waals surface area contributed by atoms with E-state index in [2.05, 4.69) is 9.97 Å². The molecule has 1 atom stereocenters. The van der Waals surface area contributed by atoms with E-state index in [1.807, 2.05) is 0 Å². The molecule has 1 aliphatic rings. The fourth-order valence-electron chi connectivity index (χ4n) is 4.97. The van der Waals surface area contributed by atoms with Crippen molar-refractivity contribution >= 4 is 17.0 Å². The highest BCUT2D eigenvalue weighted by molar-refractivity contribution is 5.92. The number of carboxylic acid groups (broad SMARTS) is 1. The summed E-state index contributed by atoms with van der Waals surface area (Å²) in [6.07, 6.45) is 0.574. The SMILES string of the molecule is Cc1ccc(COc2ccc(F)c(-c3cc(F)c(Cc4nc5ccc(C(=O)O)cc5n4CC4CCO4)cc3F)n2)c(F)c1. The van der Waals surface area contributed by atoms with E-state index in [0.717, 1.165) is 30.2 Å². The van der Waals surface area contributed by atoms with E-state index in [0.29, 0.717) is 30.0 Å². The first-order valence-electron chi connectivity index (χ1n) is 13.5. The number of carbonyl (C=O) groups is 1. The van der Waals surface area contributed by atoms with Gasteiger partial charge in [-0.25, -0.2) is 32.3 Å². The third kappa shape index (κ3) is 5.80. The van der Waals surface area contributed by atoms with Gasteiger partial charge in [0.1, 0.15) is 41.4 Å². The summed E-state index contributed by atoms with van der Waals surface area (Å²) in [7, 11) is 0. The van der Waals surface area contributed by atoms with Crippen molar-refractivity contribution in [3.05, 3.63) is 112 Å². The molecular formula is C32H25F4N3O4. The Labute approximate surface area is 243 Å². The average molecular weight is 592 g/mol. The van der Waals surface area contributed by atoms with Crippen molar-refractivity contribution in [2.24, 2.45) is 0 Å². The van der Waals surface area contributed by atoms with Gasteiger partial charge in [0.15, 0.2) is 0 Å². The lowest BCUT2D eigenvalue weighted by Gasteiger charge is -2.27. The molecule has 0 radical (unpaired) electrons. The summed E-state index contributed by atoms with van der Waals surface area (Å²) in [5.74, 6) is -3.89. The number of halogens is 4. The topological polar surface area (TPSA) is 86.5 Å². The first-order chi connectivity index (χ1) is 20.7. The van der Waals surface area contributed by atoms with Gasteiger partial charge in [0.05, 0.1) is 29.2 Å². The predicted octanol–water partition coefficient (Wildman–Crippen LogP) is 6.62. The van der Waals surface area contributed by atoms with Crippen LogP contribution in [0.25, 0.3) is 22.3 Å². The van der Waals surface area contributed by atoms with E-state index in [9.17, 15) is 18.7 Å². The Balaban J connectivity index is 1.29. The second kappa shape index (κ2) is 11.5. The Morgan fingerprint density at radius 3 is 2.47 bits per heavy atom. The van der Waals surface area contributed by atoms with Crippen LogP contribution in [-0.2, 0) is 24.3 Å². The van der Waals surface area contributed by atoms with Crippen LogP contribution >= 0.6 is 0 Å². The van der Waals surface area contributed by atoms with Gasteiger partial charge < -0.3 is 19.1 Å². The Kier molecular flexibility index (Phi) is 7.57. The zero-order valence-electron chi connectivity index (χ0n) is 22.9. The van der Waals surface area contributed by atoms with Gasteiger partial charge in [-0.05, 0) is 66.9 Å². The number of benzene rings is 3. The molecule has 1 fully saturated rings. The van der Waals surface area contributed by atoms with Gasteiger partial charge in [-0.1, -0.05) is 12.1 Å². The van der Waals surface area contributed by atoms with E-state index in [1.165, 1.54) is 24.3 Å². The van der Waals surface area contributed by atoms with Crippen molar-refractivity contribution in [3.63, 3.8) is 0 Å². The van der Waals surface area contributed by atoms with Crippen LogP contribution in [0, 0.1) is 30.2 Å². The number of pyridine rings is 1. The third-order valence-corrected chi connectivity index (χ3v) is 7.40. The molecule has 3 aromatic carbocycles. The molecule has 220 valence electrons. The van der Waals surface area contributed by atoms with Crippen LogP contribution in [-0.4, -0.2) is 38.3 Å². The molecule has 0 spiro atoms. The van der Waals surface area contributed by atoms with E-state index >= 15 is 8.78 Å². The molecule has 6 rings (SSSR count). The zero-order chi connectivity index (χ0) is 30.2. The lowest BCUT2D eigenvalue weighted by atomic mass is 10.0. The Bertz CT molecular complexity index is 1870. The maximum absolute atomic E-state index is 15.4. The van der Waals surface area contributed by atoms with E-state index in [1.54, 1.807) is 29.7 Å². The summed E-state index contributed by atoms with van der Waals surface area (Å²) in [5.41, 5.74) is 1.21. The van der Waals surface area contributed by atoms with Crippen LogP contribution in [0.4, 0.5) is 17.6 Å². The van der Waals surface area contributed by atoms with Crippen LogP contribution < -0.4 is 4.74 Å². The van der Waals surface area contributed by atoms with E-state index < -0.39 is 40.5 Å². The van der Waals surface area contributed by atoms with Gasteiger partial charge in [-0.3, -0.25) is 0 Å². The van der Waals surface area contributed by atoms with Crippen LogP contribution in [0.15, 0.2) is 60.7 Å². The third-order valence-electron chi connectivity index (χ3n) is 7.40. The molecule has 7 nitrogen and oxygen atoms in total. The van der Waals surface area contributed by atoms with Crippen LogP contribution in [0.1, 0.15) is 39.3 Å². The summed E-state index contributed by atoms with van der Waals surface area (Å²) in [6, 6.07) is 13.2. The van der Waals surface area contributed by atoms with Gasteiger partial charge in [0.2, 0.25) is 5.88 Å². The van der Waals surface area contributed by atoms with Crippen molar-refractivity contribution in [3.8, 4) is 17.1 Å². The second-order valence-corrected chi connectivity index (χ2v) is 10.4. The van der Waals surface area contributed by atoms with Crippen molar-refractivity contribution in [2.45, 2.75) is 39.0 Å². The van der Waals surface area contributed by atoms with Crippen molar-refractivity contribution in [2.75, 3.05) is 6.61 Å². The van der Waals surface area contributed by atoms with Crippen LogP contribution in [0.2, 0.25) is 0 Å². The average Bonchev–Trinajstić information content (AvgIpc) is 3.28. The number of aryl methyl sites for hydroxylation is 1. The van der Waals surface area contributed by atoms with Gasteiger partial charge in [0.25, 0.3) is 0 Å². The lowest BCUT2D eigenvalue weighted by Crippen LogP contribution is -2.31. The molecule has 3 heterocycles. The molecule has 1 aliphatic heterocycles. The standard InChI is InChI=1S/C32H25F4N3O4/c1-17-2-3-19(24(34)10-17)16-43-30-7-5-23(33)31(38-30)22-14-25(35)20(11-26(22)36)13-29-37-27-6-4-18(32(40)41)12-28(27)39(29)15-21-8-9-42-21/h2-7,10-12,14,21H,8-9,13,15-16H2,1H3,(H,40,41). The van der Waals surface area contributed by atoms with Crippen LogP contribution in [0.3, 0.4) is 0 Å². The van der Waals surface area contributed by atoms with Gasteiger partial charge >= 0.3 is 5.97 Å². The number of hydrogen-bond donors (Lipinski definition) is 1. The maximum Gasteiger partial charge on any atom is 0.335 e. The van der Waals surface area contributed by atoms with Gasteiger partial charge in [-0.15, -0.1) is 0 Å². The van der Waals surface area contributed by atoms with Crippen molar-refractivity contribution < 1.29 is 36.9 Å². The number of ether oxygens (including phenoxy) is 2. The largest absolute Gasteiger partial charge is 0.478 e. The van der Waals surface area contributed by atoms with E-state index in [-0.39, 0.29) is 41.7 Å². The number of hydrogen-bond acceptors (Lipinski definition) is 5. The molecule has 0 amide bonds. The van der Waals surface area contributed by atoms with Gasteiger partial charge in [0, 0.05) is 30.2 Å². The number of fused-ring (bicyclic) bond motifs is 1. The highest BCUT2D eigenvalue weighted by Crippen LogP contribution is 2.30. The summed E-state index contributed by atoms with van der Waals surface area (Å²) in [5, 5.41) is 9.44. The number of nitrogens with zero attached hydrogens (tertiary/aromatic N) is 3. The molecule has 2 aromatic heterocycles. The molecule has 11 heteroatoms. The maximum atomic E-state index is 15.4. The monoisotopic (exact) mass is 591 g/mol. The normalized spacial score (nSPS) is 14.6. The lowest BCUT2D eigenvalue weighted by molar-refractivity contribution is -0.0589. The highest BCUT2D eigenvalue weighted by Gasteiger charge is 2.24. The van der Waals surface area contributed by atoms with Crippen molar-refractivity contribution in [1.82, 2.24) is 14.5 Å². The first-order valence-corrected chi connectivity index (χ1v) is 13.5.